The number of carbonyl (C=O) groups excluding carboxylic acids is 1. The van der Waals surface area contributed by atoms with Crippen LogP contribution in [0.1, 0.15) is 24.0 Å². The number of nitrogens with two attached hydrogens (primary N) is 1. The molecule has 1 amide bonds. The molecule has 0 unspecified atom stereocenters. The number of amides is 1. The summed E-state index contributed by atoms with van der Waals surface area (Å²) in [6, 6.07) is 15.8. The van der Waals surface area contributed by atoms with Crippen LogP contribution in [0.5, 0.6) is 0 Å². The van der Waals surface area contributed by atoms with Crippen molar-refractivity contribution in [1.82, 2.24) is 0 Å². The Morgan fingerprint density at radius 1 is 1.19 bits per heavy atom. The van der Waals surface area contributed by atoms with Gasteiger partial charge in [0.25, 0.3) is 5.91 Å². The van der Waals surface area contributed by atoms with Gasteiger partial charge in [0.05, 0.1) is 0 Å². The van der Waals surface area contributed by atoms with Gasteiger partial charge in [0.1, 0.15) is 5.84 Å². The zero-order valence-electron chi connectivity index (χ0n) is 15.6. The fraction of sp³-hybridized carbons (Fsp3) is 0.333. The van der Waals surface area contributed by atoms with Crippen molar-refractivity contribution < 1.29 is 9.63 Å². The molecular weight excluding hydrogens is 340 g/mol. The highest BCUT2D eigenvalue weighted by atomic mass is 16.6. The first-order valence-corrected chi connectivity index (χ1v) is 9.25. The zero-order valence-corrected chi connectivity index (χ0v) is 15.6. The number of amidine groups is 1. The number of hydrogen-bond acceptors (Lipinski definition) is 4. The molecule has 0 bridgehead atoms. The molecule has 27 heavy (non-hydrogen) atoms. The number of nitrogens with zero attached hydrogens (tertiary/aromatic N) is 2. The third-order valence-electron chi connectivity index (χ3n) is 4.56. The monoisotopic (exact) mass is 366 g/mol. The summed E-state index contributed by atoms with van der Waals surface area (Å²) in [5.41, 5.74) is 9.89. The quantitative estimate of drug-likeness (QED) is 0.448. The van der Waals surface area contributed by atoms with Crippen molar-refractivity contribution in [3.8, 4) is 0 Å². The topological polar surface area (TPSA) is 80.0 Å². The number of anilines is 2. The van der Waals surface area contributed by atoms with Gasteiger partial charge in [-0.05, 0) is 49.1 Å². The molecule has 0 aromatic heterocycles. The summed E-state index contributed by atoms with van der Waals surface area (Å²) in [5.74, 6) is 0.0726. The Kier molecular flexibility index (Phi) is 6.30. The number of hydrogen-bond donors (Lipinski definition) is 2. The van der Waals surface area contributed by atoms with Crippen molar-refractivity contribution in [2.24, 2.45) is 10.9 Å². The normalized spacial score (nSPS) is 14.3. The van der Waals surface area contributed by atoms with Crippen molar-refractivity contribution in [3.05, 3.63) is 59.7 Å². The predicted octanol–water partition coefficient (Wildman–Crippen LogP) is 3.07. The second-order valence-electron chi connectivity index (χ2n) is 6.76. The molecule has 0 atom stereocenters. The van der Waals surface area contributed by atoms with Crippen LogP contribution in [0, 0.1) is 6.92 Å². The molecule has 142 valence electrons. The van der Waals surface area contributed by atoms with E-state index < -0.39 is 0 Å². The van der Waals surface area contributed by atoms with E-state index in [0.29, 0.717) is 12.3 Å². The van der Waals surface area contributed by atoms with Crippen LogP contribution in [0.4, 0.5) is 11.4 Å². The van der Waals surface area contributed by atoms with E-state index in [0.717, 1.165) is 29.9 Å². The van der Waals surface area contributed by atoms with Crippen LogP contribution >= 0.6 is 0 Å². The van der Waals surface area contributed by atoms with E-state index >= 15 is 0 Å². The molecule has 1 heterocycles. The molecular formula is C21H26N4O2. The van der Waals surface area contributed by atoms with Gasteiger partial charge >= 0.3 is 0 Å². The van der Waals surface area contributed by atoms with Crippen LogP contribution in [0.25, 0.3) is 0 Å². The minimum atomic E-state index is -0.261. The van der Waals surface area contributed by atoms with Gasteiger partial charge < -0.3 is 20.8 Å². The highest BCUT2D eigenvalue weighted by Crippen LogP contribution is 2.25. The largest absolute Gasteiger partial charge is 0.384 e. The summed E-state index contributed by atoms with van der Waals surface area (Å²) in [5, 5.41) is 6.68. The molecule has 1 aliphatic rings. The fourth-order valence-corrected chi connectivity index (χ4v) is 3.16. The van der Waals surface area contributed by atoms with Crippen LogP contribution in [-0.2, 0) is 16.1 Å². The van der Waals surface area contributed by atoms with Gasteiger partial charge in [0.15, 0.2) is 6.61 Å². The van der Waals surface area contributed by atoms with Gasteiger partial charge in [-0.3, -0.25) is 4.79 Å². The molecule has 3 rings (SSSR count). The lowest BCUT2D eigenvalue weighted by Gasteiger charge is -2.19. The second kappa shape index (κ2) is 9.07. The lowest BCUT2D eigenvalue weighted by Crippen LogP contribution is -2.21. The first-order valence-electron chi connectivity index (χ1n) is 9.25. The Hall–Kier alpha value is -3.02. The SMILES string of the molecule is Cc1cc(N2CCCC2)ccc1NC(=O)CO/N=C(/N)Cc1ccccc1. The maximum absolute atomic E-state index is 12.1. The average molecular weight is 366 g/mol. The highest BCUT2D eigenvalue weighted by molar-refractivity contribution is 5.92. The molecule has 1 saturated heterocycles. The highest BCUT2D eigenvalue weighted by Gasteiger charge is 2.13. The number of oxime groups is 1. The molecule has 1 aliphatic heterocycles. The molecule has 0 spiro atoms. The van der Waals surface area contributed by atoms with E-state index in [4.69, 9.17) is 10.6 Å². The van der Waals surface area contributed by atoms with Gasteiger partial charge in [0, 0.05) is 30.9 Å². The fourth-order valence-electron chi connectivity index (χ4n) is 3.16. The second-order valence-corrected chi connectivity index (χ2v) is 6.76. The summed E-state index contributed by atoms with van der Waals surface area (Å²) >= 11 is 0. The summed E-state index contributed by atoms with van der Waals surface area (Å²) in [6.45, 7) is 4.01. The third-order valence-corrected chi connectivity index (χ3v) is 4.56. The minimum absolute atomic E-state index is 0.178. The van der Waals surface area contributed by atoms with Crippen molar-refractivity contribution >= 4 is 23.1 Å². The Labute approximate surface area is 160 Å². The Morgan fingerprint density at radius 2 is 1.93 bits per heavy atom. The molecule has 2 aromatic carbocycles. The molecule has 3 N–H and O–H groups in total. The van der Waals surface area contributed by atoms with Crippen LogP contribution in [0.2, 0.25) is 0 Å². The molecule has 6 nitrogen and oxygen atoms in total. The molecule has 6 heteroatoms. The van der Waals surface area contributed by atoms with Crippen LogP contribution in [0.3, 0.4) is 0 Å². The van der Waals surface area contributed by atoms with E-state index in [9.17, 15) is 4.79 Å². The van der Waals surface area contributed by atoms with Crippen LogP contribution in [0.15, 0.2) is 53.7 Å². The van der Waals surface area contributed by atoms with E-state index in [1.54, 1.807) is 0 Å². The first kappa shape index (κ1) is 18.8. The van der Waals surface area contributed by atoms with Gasteiger partial charge in [0.2, 0.25) is 0 Å². The lowest BCUT2D eigenvalue weighted by atomic mass is 10.1. The van der Waals surface area contributed by atoms with E-state index in [-0.39, 0.29) is 12.5 Å². The number of aryl methyl sites for hydroxylation is 1. The molecule has 0 radical (unpaired) electrons. The van der Waals surface area contributed by atoms with Crippen LogP contribution < -0.4 is 16.0 Å². The maximum atomic E-state index is 12.1. The van der Waals surface area contributed by atoms with Gasteiger partial charge in [-0.2, -0.15) is 0 Å². The van der Waals surface area contributed by atoms with Gasteiger partial charge in [-0.15, -0.1) is 0 Å². The Balaban J connectivity index is 1.48. The molecule has 0 aliphatic carbocycles. The minimum Gasteiger partial charge on any atom is -0.384 e. The predicted molar refractivity (Wildman–Crippen MR) is 109 cm³/mol. The van der Waals surface area contributed by atoms with Crippen molar-refractivity contribution in [2.75, 3.05) is 29.9 Å². The maximum Gasteiger partial charge on any atom is 0.265 e. The Morgan fingerprint density at radius 3 is 2.63 bits per heavy atom. The average Bonchev–Trinajstić information content (AvgIpc) is 3.19. The number of rotatable bonds is 7. The van der Waals surface area contributed by atoms with Crippen molar-refractivity contribution in [3.63, 3.8) is 0 Å². The number of benzene rings is 2. The van der Waals surface area contributed by atoms with E-state index in [1.807, 2.05) is 49.4 Å². The zero-order chi connectivity index (χ0) is 19.1. The van der Waals surface area contributed by atoms with Gasteiger partial charge in [-0.25, -0.2) is 0 Å². The number of carbonyl (C=O) groups is 1. The summed E-state index contributed by atoms with van der Waals surface area (Å²) in [7, 11) is 0. The lowest BCUT2D eigenvalue weighted by molar-refractivity contribution is -0.120. The smallest absolute Gasteiger partial charge is 0.265 e. The summed E-state index contributed by atoms with van der Waals surface area (Å²) in [4.78, 5) is 19.5. The number of nitrogens with one attached hydrogen (secondary N) is 1. The summed E-state index contributed by atoms with van der Waals surface area (Å²) in [6.07, 6.45) is 2.96. The van der Waals surface area contributed by atoms with Crippen molar-refractivity contribution in [1.29, 1.82) is 0 Å². The van der Waals surface area contributed by atoms with Gasteiger partial charge in [-0.1, -0.05) is 35.5 Å². The standard InChI is InChI=1S/C21H26N4O2/c1-16-13-18(25-11-5-6-12-25)9-10-19(16)23-21(26)15-27-24-20(22)14-17-7-3-2-4-8-17/h2-4,7-10,13H,5-6,11-12,14-15H2,1H3,(H2,22,24)(H,23,26). The van der Waals surface area contributed by atoms with Crippen molar-refractivity contribution in [2.45, 2.75) is 26.2 Å². The molecule has 1 fully saturated rings. The third kappa shape index (κ3) is 5.48. The molecule has 0 saturated carbocycles. The Bertz CT molecular complexity index is 799. The molecule has 2 aromatic rings. The van der Waals surface area contributed by atoms with Crippen LogP contribution in [-0.4, -0.2) is 31.4 Å². The van der Waals surface area contributed by atoms with E-state index in [1.165, 1.54) is 18.5 Å². The van der Waals surface area contributed by atoms with E-state index in [2.05, 4.69) is 21.4 Å². The first-order chi connectivity index (χ1) is 13.1. The summed E-state index contributed by atoms with van der Waals surface area (Å²) < 4.78 is 0.